The summed E-state index contributed by atoms with van der Waals surface area (Å²) in [6.07, 6.45) is 29.6. The molecule has 0 bridgehead atoms. The Hall–Kier alpha value is -1.75. The number of carbonyl (C=O) groups is 3. The fraction of sp³-hybridized carbons (Fsp3) is 0.926. The molecule has 2 aliphatic rings. The number of aliphatic hydroxyl groups is 1. The van der Waals surface area contributed by atoms with E-state index in [4.69, 9.17) is 46.9 Å². The van der Waals surface area contributed by atoms with Crippen LogP contribution in [0.4, 0.5) is 0 Å². The first-order chi connectivity index (χ1) is 43.9. The molecule has 0 spiro atoms. The molecule has 2 rings (SSSR count). The molecule has 536 valence electrons. The SMILES string of the molecule is CCCCCCCC/C=C/CCCCCCCC(=O)N[C@H]1[C@H](OC[C@H]2O[C@H](OP(=O)(O)O)[C@H](OC(=O)CC(=O)CCCCCCCCCCC)[C@@H](OCCCCCCCCCCCC)[C@@H]2O)O[C@H](COC)[C@@H](OP(=O)(O)O)[C@@H]1OCC[C@@H](CCCCCCC)OC. The molecule has 0 aromatic rings. The largest absolute Gasteiger partial charge is 0.472 e. The summed E-state index contributed by atoms with van der Waals surface area (Å²) in [6, 6.07) is -1.33. The predicted octanol–water partition coefficient (Wildman–Crippen LogP) is 14.8. The van der Waals surface area contributed by atoms with Crippen LogP contribution < -0.4 is 5.32 Å². The van der Waals surface area contributed by atoms with Gasteiger partial charge in [0.2, 0.25) is 12.2 Å². The molecule has 1 amide bonds. The van der Waals surface area contributed by atoms with Crippen LogP contribution in [0.25, 0.3) is 0 Å². The molecule has 0 aromatic carbocycles. The third-order valence-corrected chi connectivity index (χ3v) is 18.2. The smallest absolute Gasteiger partial charge is 0.454 e. The number of ether oxygens (including phenoxy) is 8. The van der Waals surface area contributed by atoms with E-state index in [1.54, 1.807) is 7.11 Å². The number of allylic oxidation sites excluding steroid dienone is 2. The summed E-state index contributed by atoms with van der Waals surface area (Å²) < 4.78 is 84.9. The van der Waals surface area contributed by atoms with Gasteiger partial charge in [-0.05, 0) is 57.8 Å². The standard InChI is InChI=1S/C68H129NO20P2/c1-7-11-15-19-22-25-27-28-29-30-31-33-36-40-44-48-59(71)69-61-64(83-51-49-56(81-6)47-43-38-18-14-10-4)63(88-90(74,75)76)58(53-80-5)86-67(61)84-54-57-62(73)65(82-50-45-41-37-34-26-23-20-16-12-8-2)66(68(85-57)89-91(77,78)79)87-60(72)52-55(70)46-42-39-35-32-24-21-17-13-9-3/h28-29,56-58,61-68,73H,7-27,30-54H2,1-6H3,(H,69,71)(H2,74,75,76)(H2,77,78,79)/b29-28+/t56-,57-,58-,61-,62-,63-,64-,65+,66-,67-,68-/m1/s1. The Labute approximate surface area is 549 Å². The molecular formula is C68H129NO20P2. The Morgan fingerprint density at radius 3 is 1.45 bits per heavy atom. The lowest BCUT2D eigenvalue weighted by Gasteiger charge is -2.47. The number of amides is 1. The van der Waals surface area contributed by atoms with Gasteiger partial charge < -0.3 is 67.9 Å². The number of rotatable bonds is 61. The van der Waals surface area contributed by atoms with Gasteiger partial charge in [0.1, 0.15) is 54.9 Å². The van der Waals surface area contributed by atoms with Crippen molar-refractivity contribution in [3.8, 4) is 0 Å². The summed E-state index contributed by atoms with van der Waals surface area (Å²) >= 11 is 0. The maximum Gasteiger partial charge on any atom is 0.472 e. The maximum absolute atomic E-state index is 14.1. The van der Waals surface area contributed by atoms with Crippen LogP contribution >= 0.6 is 15.6 Å². The lowest BCUT2D eigenvalue weighted by atomic mass is 9.95. The zero-order chi connectivity index (χ0) is 66.8. The van der Waals surface area contributed by atoms with Crippen molar-refractivity contribution in [3.05, 3.63) is 12.2 Å². The molecule has 2 saturated heterocycles. The van der Waals surface area contributed by atoms with Gasteiger partial charge in [-0.1, -0.05) is 232 Å². The maximum atomic E-state index is 14.1. The Morgan fingerprint density at radius 1 is 0.484 bits per heavy atom. The van der Waals surface area contributed by atoms with Gasteiger partial charge >= 0.3 is 21.6 Å². The number of phosphoric ester groups is 2. The molecule has 21 nitrogen and oxygen atoms in total. The van der Waals surface area contributed by atoms with Crippen molar-refractivity contribution in [2.45, 2.75) is 365 Å². The average Bonchev–Trinajstić information content (AvgIpc) is 0.808. The zero-order valence-electron chi connectivity index (χ0n) is 57.3. The molecule has 6 N–H and O–H groups in total. The second-order valence-corrected chi connectivity index (χ2v) is 27.8. The number of phosphoric acid groups is 2. The number of carbonyl (C=O) groups excluding carboxylic acids is 3. The van der Waals surface area contributed by atoms with Crippen molar-refractivity contribution in [2.24, 2.45) is 0 Å². The van der Waals surface area contributed by atoms with Gasteiger partial charge in [-0.25, -0.2) is 9.13 Å². The predicted molar refractivity (Wildman–Crippen MR) is 354 cm³/mol. The first-order valence-electron chi connectivity index (χ1n) is 35.9. The number of aliphatic hydroxyl groups excluding tert-OH is 1. The first-order valence-corrected chi connectivity index (χ1v) is 39.0. The van der Waals surface area contributed by atoms with E-state index < -0.39 is 102 Å². The van der Waals surface area contributed by atoms with Gasteiger partial charge in [-0.3, -0.25) is 23.4 Å². The van der Waals surface area contributed by atoms with Crippen molar-refractivity contribution < 1.29 is 95.1 Å². The lowest BCUT2D eigenvalue weighted by Crippen LogP contribution is -2.67. The van der Waals surface area contributed by atoms with E-state index in [2.05, 4.69) is 45.2 Å². The highest BCUT2D eigenvalue weighted by atomic mass is 31.2. The third-order valence-electron chi connectivity index (χ3n) is 17.2. The van der Waals surface area contributed by atoms with Gasteiger partial charge in [-0.15, -0.1) is 0 Å². The summed E-state index contributed by atoms with van der Waals surface area (Å²) in [5, 5.41) is 15.2. The number of unbranched alkanes of at least 4 members (excludes halogenated alkanes) is 32. The average molecular weight is 1340 g/mol. The number of nitrogens with one attached hydrogen (secondary N) is 1. The Balaban J connectivity index is 2.46. The highest BCUT2D eigenvalue weighted by Crippen LogP contribution is 2.44. The van der Waals surface area contributed by atoms with Crippen LogP contribution in [0.3, 0.4) is 0 Å². The molecule has 11 atom stereocenters. The van der Waals surface area contributed by atoms with E-state index in [1.807, 2.05) is 0 Å². The summed E-state index contributed by atoms with van der Waals surface area (Å²) in [6.45, 7) is 7.85. The molecule has 2 aliphatic heterocycles. The fourth-order valence-electron chi connectivity index (χ4n) is 11.9. The van der Waals surface area contributed by atoms with E-state index >= 15 is 0 Å². The van der Waals surface area contributed by atoms with E-state index in [1.165, 1.54) is 97.0 Å². The second kappa shape index (κ2) is 54.3. The monoisotopic (exact) mass is 1340 g/mol. The van der Waals surface area contributed by atoms with E-state index in [0.29, 0.717) is 25.7 Å². The van der Waals surface area contributed by atoms with Crippen molar-refractivity contribution in [1.29, 1.82) is 0 Å². The summed E-state index contributed by atoms with van der Waals surface area (Å²) in [5.41, 5.74) is 0. The Kier molecular flexibility index (Phi) is 50.9. The number of hydrogen-bond donors (Lipinski definition) is 6. The molecule has 0 aliphatic carbocycles. The number of methoxy groups -OCH3 is 2. The molecule has 23 heteroatoms. The van der Waals surface area contributed by atoms with E-state index in [0.717, 1.165) is 135 Å². The van der Waals surface area contributed by atoms with Gasteiger partial charge in [-0.2, -0.15) is 0 Å². The third kappa shape index (κ3) is 42.5. The van der Waals surface area contributed by atoms with Crippen LogP contribution in [0.1, 0.15) is 297 Å². The summed E-state index contributed by atoms with van der Waals surface area (Å²) in [5.74, 6) is -1.84. The highest BCUT2D eigenvalue weighted by Gasteiger charge is 2.54. The minimum absolute atomic E-state index is 0.00104. The van der Waals surface area contributed by atoms with Crippen LogP contribution in [0, 0.1) is 0 Å². The topological polar surface area (TPSA) is 291 Å². The van der Waals surface area contributed by atoms with Gasteiger partial charge in [0, 0.05) is 40.3 Å². The first kappa shape index (κ1) is 85.3. The van der Waals surface area contributed by atoms with E-state index in [-0.39, 0.29) is 44.5 Å². The molecule has 0 unspecified atom stereocenters. The summed E-state index contributed by atoms with van der Waals surface area (Å²) in [4.78, 5) is 82.1. The van der Waals surface area contributed by atoms with Crippen molar-refractivity contribution in [2.75, 3.05) is 40.6 Å². The number of esters is 1. The van der Waals surface area contributed by atoms with Crippen molar-refractivity contribution in [1.82, 2.24) is 5.32 Å². The highest BCUT2D eigenvalue weighted by molar-refractivity contribution is 7.46. The molecule has 0 aromatic heterocycles. The van der Waals surface area contributed by atoms with Gasteiger partial charge in [0.25, 0.3) is 0 Å². The number of ketones is 1. The Bertz CT molecular complexity index is 1930. The van der Waals surface area contributed by atoms with E-state index in [9.17, 15) is 48.2 Å². The van der Waals surface area contributed by atoms with Gasteiger partial charge in [0.05, 0.1) is 19.3 Å². The van der Waals surface area contributed by atoms with Crippen LogP contribution in [-0.2, 0) is 70.5 Å². The van der Waals surface area contributed by atoms with Crippen LogP contribution in [-0.4, -0.2) is 150 Å². The Morgan fingerprint density at radius 2 is 0.945 bits per heavy atom. The quantitative estimate of drug-likeness (QED) is 0.0108. The molecule has 0 radical (unpaired) electrons. The van der Waals surface area contributed by atoms with Crippen LogP contribution in [0.5, 0.6) is 0 Å². The normalized spacial score (nSPS) is 22.6. The number of Topliss-reactive ketones (excluding diaryl/α,β-unsaturated/α-hetero) is 1. The van der Waals surface area contributed by atoms with Crippen molar-refractivity contribution >= 4 is 33.3 Å². The van der Waals surface area contributed by atoms with Gasteiger partial charge in [0.15, 0.2) is 12.4 Å². The molecule has 2 fully saturated rings. The zero-order valence-corrected chi connectivity index (χ0v) is 59.1. The van der Waals surface area contributed by atoms with Crippen LogP contribution in [0.15, 0.2) is 12.2 Å². The minimum atomic E-state index is -5.44. The fourth-order valence-corrected chi connectivity index (χ4v) is 12.9. The molecular weight excluding hydrogens is 1210 g/mol. The minimum Gasteiger partial charge on any atom is -0.454 e. The number of hydrogen-bond acceptors (Lipinski definition) is 16. The molecule has 91 heavy (non-hydrogen) atoms. The molecule has 0 saturated carbocycles. The molecule has 2 heterocycles. The van der Waals surface area contributed by atoms with Crippen molar-refractivity contribution in [3.63, 3.8) is 0 Å². The second-order valence-electron chi connectivity index (χ2n) is 25.4. The summed E-state index contributed by atoms with van der Waals surface area (Å²) in [7, 11) is -7.75. The lowest BCUT2D eigenvalue weighted by molar-refractivity contribution is -0.315. The van der Waals surface area contributed by atoms with Crippen LogP contribution in [0.2, 0.25) is 0 Å².